The van der Waals surface area contributed by atoms with Crippen LogP contribution in [0.2, 0.25) is 36.3 Å². The van der Waals surface area contributed by atoms with Gasteiger partial charge in [0.1, 0.15) is 6.29 Å². The molecule has 0 heterocycles. The van der Waals surface area contributed by atoms with E-state index in [9.17, 15) is 4.79 Å². The monoisotopic (exact) mass is 572 g/mol. The fourth-order valence-corrected chi connectivity index (χ4v) is 9.67. The minimum Gasteiger partial charge on any atom is -0.413 e. The number of carbonyl (C=O) groups excluding carboxylic acids is 1. The SMILES string of the molecule is C=C1/C(=C/C=C2\CCC[C@]3(C)[C@@H](C(C)C=O)CC[C@@H]23)C[C@@H](O[Si](C)(C)C(C)(C)C)C[C@@H]1O[Si](C)(C)C(C)(C)C. The second-order valence-electron chi connectivity index (χ2n) is 16.4. The summed E-state index contributed by atoms with van der Waals surface area (Å²) in [7, 11) is -3.89. The lowest BCUT2D eigenvalue weighted by molar-refractivity contribution is -0.113. The zero-order valence-electron chi connectivity index (χ0n) is 27.5. The summed E-state index contributed by atoms with van der Waals surface area (Å²) in [5.41, 5.74) is 4.29. The van der Waals surface area contributed by atoms with Crippen molar-refractivity contribution in [1.82, 2.24) is 0 Å². The molecule has 0 amide bonds. The largest absolute Gasteiger partial charge is 0.413 e. The number of carbonyl (C=O) groups is 1. The summed E-state index contributed by atoms with van der Waals surface area (Å²) < 4.78 is 14.0. The number of hydrogen-bond acceptors (Lipinski definition) is 3. The lowest BCUT2D eigenvalue weighted by Gasteiger charge is -2.45. The van der Waals surface area contributed by atoms with Crippen LogP contribution in [0, 0.1) is 23.2 Å². The quantitative estimate of drug-likeness (QED) is 0.225. The maximum atomic E-state index is 11.7. The predicted octanol–water partition coefficient (Wildman–Crippen LogP) is 10.0. The molecular weight excluding hydrogens is 513 g/mol. The first-order valence-electron chi connectivity index (χ1n) is 15.6. The van der Waals surface area contributed by atoms with E-state index in [1.807, 2.05) is 0 Å². The Morgan fingerprint density at radius 3 is 2.13 bits per heavy atom. The van der Waals surface area contributed by atoms with Crippen molar-refractivity contribution in [2.45, 2.75) is 149 Å². The van der Waals surface area contributed by atoms with Gasteiger partial charge in [-0.15, -0.1) is 0 Å². The van der Waals surface area contributed by atoms with Gasteiger partial charge in [0.2, 0.25) is 0 Å². The van der Waals surface area contributed by atoms with Crippen molar-refractivity contribution in [3.63, 3.8) is 0 Å². The van der Waals surface area contributed by atoms with Crippen LogP contribution >= 0.6 is 0 Å². The topological polar surface area (TPSA) is 35.5 Å². The normalized spacial score (nSPS) is 33.9. The van der Waals surface area contributed by atoms with E-state index in [2.05, 4.69) is 100 Å². The Labute approximate surface area is 243 Å². The Morgan fingerprint density at radius 1 is 0.974 bits per heavy atom. The molecule has 222 valence electrons. The molecule has 3 nitrogen and oxygen atoms in total. The highest BCUT2D eigenvalue weighted by Gasteiger charge is 2.51. The Balaban J connectivity index is 1.93. The Bertz CT molecular complexity index is 977. The van der Waals surface area contributed by atoms with E-state index in [-0.39, 0.29) is 33.6 Å². The molecule has 3 saturated carbocycles. The van der Waals surface area contributed by atoms with E-state index < -0.39 is 16.6 Å². The van der Waals surface area contributed by atoms with Crippen LogP contribution in [0.4, 0.5) is 0 Å². The minimum atomic E-state index is -1.97. The van der Waals surface area contributed by atoms with E-state index in [4.69, 9.17) is 8.85 Å². The van der Waals surface area contributed by atoms with Gasteiger partial charge in [-0.1, -0.05) is 79.7 Å². The van der Waals surface area contributed by atoms with Crippen LogP contribution in [0.3, 0.4) is 0 Å². The molecule has 0 spiro atoms. The Hall–Kier alpha value is -0.756. The molecule has 5 heteroatoms. The van der Waals surface area contributed by atoms with E-state index >= 15 is 0 Å². The van der Waals surface area contributed by atoms with Crippen LogP contribution in [0.5, 0.6) is 0 Å². The molecule has 0 aromatic carbocycles. The molecule has 0 N–H and O–H groups in total. The Kier molecular flexibility index (Phi) is 9.65. The number of fused-ring (bicyclic) bond motifs is 1. The van der Waals surface area contributed by atoms with Crippen molar-refractivity contribution in [1.29, 1.82) is 0 Å². The van der Waals surface area contributed by atoms with Crippen LogP contribution in [-0.2, 0) is 13.6 Å². The maximum Gasteiger partial charge on any atom is 0.192 e. The summed E-state index contributed by atoms with van der Waals surface area (Å²) >= 11 is 0. The van der Waals surface area contributed by atoms with Crippen molar-refractivity contribution in [2.24, 2.45) is 23.2 Å². The van der Waals surface area contributed by atoms with Gasteiger partial charge in [0.05, 0.1) is 12.2 Å². The Morgan fingerprint density at radius 2 is 1.56 bits per heavy atom. The summed E-state index contributed by atoms with van der Waals surface area (Å²) in [5.74, 6) is 1.24. The van der Waals surface area contributed by atoms with E-state index in [0.29, 0.717) is 11.8 Å². The van der Waals surface area contributed by atoms with Gasteiger partial charge in [-0.2, -0.15) is 0 Å². The molecule has 0 saturated heterocycles. The summed E-state index contributed by atoms with van der Waals surface area (Å²) in [6, 6.07) is 0. The van der Waals surface area contributed by atoms with Gasteiger partial charge in [0, 0.05) is 12.3 Å². The maximum absolute atomic E-state index is 11.7. The molecule has 1 unspecified atom stereocenters. The first-order chi connectivity index (χ1) is 17.7. The molecule has 0 aromatic rings. The van der Waals surface area contributed by atoms with Crippen molar-refractivity contribution >= 4 is 22.9 Å². The lowest BCUT2D eigenvalue weighted by atomic mass is 9.61. The molecular formula is C34H60O3Si2. The second kappa shape index (κ2) is 11.5. The molecule has 3 aliphatic carbocycles. The molecule has 39 heavy (non-hydrogen) atoms. The van der Waals surface area contributed by atoms with E-state index in [1.165, 1.54) is 44.0 Å². The summed E-state index contributed by atoms with van der Waals surface area (Å²) in [4.78, 5) is 11.7. The van der Waals surface area contributed by atoms with E-state index in [1.54, 1.807) is 5.57 Å². The molecule has 0 aromatic heterocycles. The predicted molar refractivity (Wildman–Crippen MR) is 172 cm³/mol. The van der Waals surface area contributed by atoms with Gasteiger partial charge in [-0.25, -0.2) is 0 Å². The zero-order valence-corrected chi connectivity index (χ0v) is 29.5. The number of hydrogen-bond donors (Lipinski definition) is 0. The zero-order chi connectivity index (χ0) is 29.6. The van der Waals surface area contributed by atoms with Crippen molar-refractivity contribution in [2.75, 3.05) is 0 Å². The molecule has 0 radical (unpaired) electrons. The summed E-state index contributed by atoms with van der Waals surface area (Å²) in [6.45, 7) is 32.6. The average molecular weight is 573 g/mol. The van der Waals surface area contributed by atoms with Gasteiger partial charge in [-0.3, -0.25) is 0 Å². The molecule has 3 aliphatic rings. The van der Waals surface area contributed by atoms with Crippen LogP contribution in [0.25, 0.3) is 0 Å². The third kappa shape index (κ3) is 6.84. The van der Waals surface area contributed by atoms with Gasteiger partial charge in [-0.05, 0) is 103 Å². The van der Waals surface area contributed by atoms with Gasteiger partial charge < -0.3 is 13.6 Å². The molecule has 0 bridgehead atoms. The van der Waals surface area contributed by atoms with Crippen molar-refractivity contribution in [3.05, 3.63) is 35.5 Å². The number of allylic oxidation sites excluding steroid dienone is 3. The third-order valence-electron chi connectivity index (χ3n) is 11.6. The minimum absolute atomic E-state index is 0.0139. The third-order valence-corrected chi connectivity index (χ3v) is 20.6. The van der Waals surface area contributed by atoms with Crippen LogP contribution in [0.1, 0.15) is 100 Å². The van der Waals surface area contributed by atoms with Crippen LogP contribution in [-0.4, -0.2) is 35.1 Å². The first-order valence-corrected chi connectivity index (χ1v) is 21.4. The number of rotatable bonds is 7. The summed E-state index contributed by atoms with van der Waals surface area (Å²) in [5, 5.41) is 0.323. The molecule has 3 rings (SSSR count). The lowest BCUT2D eigenvalue weighted by Crippen LogP contribution is -2.49. The smallest absolute Gasteiger partial charge is 0.192 e. The second-order valence-corrected chi connectivity index (χ2v) is 25.9. The van der Waals surface area contributed by atoms with Gasteiger partial charge in [0.15, 0.2) is 16.6 Å². The highest BCUT2D eigenvalue weighted by Crippen LogP contribution is 2.59. The van der Waals surface area contributed by atoms with E-state index in [0.717, 1.165) is 18.4 Å². The molecule has 6 atom stereocenters. The van der Waals surface area contributed by atoms with Crippen LogP contribution in [0.15, 0.2) is 35.5 Å². The van der Waals surface area contributed by atoms with Crippen LogP contribution < -0.4 is 0 Å². The average Bonchev–Trinajstić information content (AvgIpc) is 3.15. The summed E-state index contributed by atoms with van der Waals surface area (Å²) in [6.07, 6.45) is 14.0. The highest BCUT2D eigenvalue weighted by molar-refractivity contribution is 6.74. The van der Waals surface area contributed by atoms with Gasteiger partial charge >= 0.3 is 0 Å². The van der Waals surface area contributed by atoms with Crippen molar-refractivity contribution < 1.29 is 13.6 Å². The standard InChI is InChI=1S/C34H60O3Si2/c1-24(23-35)29-18-19-30-26(15-14-20-34(29,30)9)16-17-27-21-28(36-38(10,11)32(3,4)5)22-31(25(27)2)37-39(12,13)33(6,7)8/h16-17,23-24,28-31H,2,14-15,18-22H2,1,3-13H3/b26-16+,27-17+/t24?,28-,29-,30+,31+,34-/m1/s1. The molecule has 0 aliphatic heterocycles. The fourth-order valence-electron chi connectivity index (χ4n) is 7.00. The van der Waals surface area contributed by atoms with Gasteiger partial charge in [0.25, 0.3) is 0 Å². The molecule has 3 fully saturated rings. The first kappa shape index (κ1) is 32.8. The fraction of sp³-hybridized carbons (Fsp3) is 0.794. The number of aldehydes is 1. The van der Waals surface area contributed by atoms with Crippen molar-refractivity contribution in [3.8, 4) is 0 Å². The highest BCUT2D eigenvalue weighted by atomic mass is 28.4.